The Hall–Kier alpha value is -3.02. The van der Waals surface area contributed by atoms with Gasteiger partial charge in [-0.05, 0) is 50.6 Å². The minimum Gasteiger partial charge on any atom is -0.484 e. The average Bonchev–Trinajstić information content (AvgIpc) is 2.63. The van der Waals surface area contributed by atoms with Gasteiger partial charge in [0.1, 0.15) is 5.75 Å². The van der Waals surface area contributed by atoms with E-state index in [4.69, 9.17) is 10.5 Å². The maximum absolute atomic E-state index is 12.5. The zero-order valence-corrected chi connectivity index (χ0v) is 15.4. The summed E-state index contributed by atoms with van der Waals surface area (Å²) in [5.41, 5.74) is 8.25. The van der Waals surface area contributed by atoms with E-state index in [1.165, 1.54) is 0 Å². The monoisotopic (exact) mass is 355 g/mol. The molecule has 0 saturated heterocycles. The predicted octanol–water partition coefficient (Wildman–Crippen LogP) is 3.08. The van der Waals surface area contributed by atoms with Crippen LogP contribution in [0.5, 0.6) is 5.75 Å². The lowest BCUT2D eigenvalue weighted by Crippen LogP contribution is -2.34. The summed E-state index contributed by atoms with van der Waals surface area (Å²) in [6, 6.07) is 12.2. The Balaban J connectivity index is 2.03. The van der Waals surface area contributed by atoms with Gasteiger partial charge in [0, 0.05) is 36.1 Å². The molecule has 0 aliphatic carbocycles. The number of nitrogens with zero attached hydrogens (tertiary/aromatic N) is 1. The van der Waals surface area contributed by atoms with Crippen molar-refractivity contribution in [1.29, 1.82) is 0 Å². The summed E-state index contributed by atoms with van der Waals surface area (Å²) in [7, 11) is 0. The second-order valence-electron chi connectivity index (χ2n) is 5.91. The van der Waals surface area contributed by atoms with E-state index >= 15 is 0 Å². The molecule has 0 atom stereocenters. The number of benzene rings is 2. The largest absolute Gasteiger partial charge is 0.484 e. The van der Waals surface area contributed by atoms with Crippen LogP contribution in [-0.2, 0) is 4.79 Å². The van der Waals surface area contributed by atoms with Gasteiger partial charge in [0.25, 0.3) is 11.8 Å². The van der Waals surface area contributed by atoms with E-state index in [-0.39, 0.29) is 18.4 Å². The summed E-state index contributed by atoms with van der Waals surface area (Å²) in [6.45, 7) is 6.97. The molecule has 138 valence electrons. The van der Waals surface area contributed by atoms with Gasteiger partial charge in [-0.3, -0.25) is 9.59 Å². The van der Waals surface area contributed by atoms with Gasteiger partial charge in [0.2, 0.25) is 0 Å². The molecule has 2 amide bonds. The number of aryl methyl sites for hydroxylation is 1. The van der Waals surface area contributed by atoms with E-state index in [0.29, 0.717) is 35.8 Å². The third-order valence-corrected chi connectivity index (χ3v) is 4.08. The third-order valence-electron chi connectivity index (χ3n) is 4.08. The number of hydrogen-bond acceptors (Lipinski definition) is 4. The molecule has 0 fully saturated rings. The number of rotatable bonds is 7. The van der Waals surface area contributed by atoms with Crippen LogP contribution in [0.3, 0.4) is 0 Å². The highest BCUT2D eigenvalue weighted by atomic mass is 16.5. The van der Waals surface area contributed by atoms with Crippen LogP contribution in [0, 0.1) is 6.92 Å². The van der Waals surface area contributed by atoms with Gasteiger partial charge >= 0.3 is 0 Å². The van der Waals surface area contributed by atoms with Crippen molar-refractivity contribution in [2.75, 3.05) is 30.7 Å². The Labute approximate surface area is 153 Å². The Kier molecular flexibility index (Phi) is 6.60. The van der Waals surface area contributed by atoms with Crippen molar-refractivity contribution in [2.24, 2.45) is 0 Å². The van der Waals surface area contributed by atoms with Gasteiger partial charge in [-0.25, -0.2) is 0 Å². The zero-order chi connectivity index (χ0) is 19.1. The molecule has 0 aliphatic rings. The summed E-state index contributed by atoms with van der Waals surface area (Å²) in [4.78, 5) is 26.2. The molecular weight excluding hydrogens is 330 g/mol. The standard InChI is InChI=1S/C20H25N3O3/c1-4-23(5-2)19(24)13-26-17-8-6-7-16(12-17)22-20(25)18-11-15(21)10-9-14(18)3/h6-12H,4-5,13,21H2,1-3H3,(H,22,25). The van der Waals surface area contributed by atoms with Crippen molar-refractivity contribution in [2.45, 2.75) is 20.8 Å². The molecule has 6 nitrogen and oxygen atoms in total. The lowest BCUT2D eigenvalue weighted by molar-refractivity contribution is -0.132. The molecule has 2 rings (SSSR count). The predicted molar refractivity (Wildman–Crippen MR) is 103 cm³/mol. The van der Waals surface area contributed by atoms with Gasteiger partial charge in [0.15, 0.2) is 6.61 Å². The number of carbonyl (C=O) groups is 2. The first-order chi connectivity index (χ1) is 12.4. The number of nitrogen functional groups attached to an aromatic ring is 1. The quantitative estimate of drug-likeness (QED) is 0.748. The van der Waals surface area contributed by atoms with Crippen molar-refractivity contribution in [3.63, 3.8) is 0 Å². The molecule has 0 radical (unpaired) electrons. The minimum absolute atomic E-state index is 0.0343. The fourth-order valence-electron chi connectivity index (χ4n) is 2.56. The van der Waals surface area contributed by atoms with Crippen LogP contribution in [0.4, 0.5) is 11.4 Å². The summed E-state index contributed by atoms with van der Waals surface area (Å²) >= 11 is 0. The zero-order valence-electron chi connectivity index (χ0n) is 15.4. The number of nitrogens with two attached hydrogens (primary N) is 1. The molecule has 0 aromatic heterocycles. The topological polar surface area (TPSA) is 84.7 Å². The van der Waals surface area contributed by atoms with E-state index in [2.05, 4.69) is 5.32 Å². The number of likely N-dealkylation sites (N-methyl/N-ethyl adjacent to an activating group) is 1. The molecule has 26 heavy (non-hydrogen) atoms. The van der Waals surface area contributed by atoms with E-state index < -0.39 is 0 Å². The molecule has 0 aliphatic heterocycles. The number of amides is 2. The maximum Gasteiger partial charge on any atom is 0.260 e. The van der Waals surface area contributed by atoms with Gasteiger partial charge in [-0.1, -0.05) is 12.1 Å². The molecule has 0 unspecified atom stereocenters. The number of nitrogens with one attached hydrogen (secondary N) is 1. The average molecular weight is 355 g/mol. The molecule has 0 saturated carbocycles. The number of carbonyl (C=O) groups excluding carboxylic acids is 2. The van der Waals surface area contributed by atoms with Crippen LogP contribution in [0.15, 0.2) is 42.5 Å². The lowest BCUT2D eigenvalue weighted by Gasteiger charge is -2.18. The van der Waals surface area contributed by atoms with Crippen LogP contribution < -0.4 is 15.8 Å². The highest BCUT2D eigenvalue weighted by Crippen LogP contribution is 2.20. The van der Waals surface area contributed by atoms with Crippen LogP contribution in [0.1, 0.15) is 29.8 Å². The van der Waals surface area contributed by atoms with Crippen LogP contribution in [0.25, 0.3) is 0 Å². The van der Waals surface area contributed by atoms with Crippen molar-refractivity contribution < 1.29 is 14.3 Å². The van der Waals surface area contributed by atoms with E-state index in [9.17, 15) is 9.59 Å². The third kappa shape index (κ3) is 4.99. The second kappa shape index (κ2) is 8.89. The number of anilines is 2. The first-order valence-electron chi connectivity index (χ1n) is 8.62. The fourth-order valence-corrected chi connectivity index (χ4v) is 2.56. The molecule has 2 aromatic rings. The molecule has 0 bridgehead atoms. The van der Waals surface area contributed by atoms with Crippen molar-refractivity contribution in [3.8, 4) is 5.75 Å². The molecule has 3 N–H and O–H groups in total. The Morgan fingerprint density at radius 1 is 1.12 bits per heavy atom. The van der Waals surface area contributed by atoms with E-state index in [0.717, 1.165) is 5.56 Å². The van der Waals surface area contributed by atoms with Gasteiger partial charge in [0.05, 0.1) is 0 Å². The summed E-state index contributed by atoms with van der Waals surface area (Å²) < 4.78 is 5.56. The number of ether oxygens (including phenoxy) is 1. The van der Waals surface area contributed by atoms with Crippen LogP contribution >= 0.6 is 0 Å². The summed E-state index contributed by atoms with van der Waals surface area (Å²) in [5, 5.41) is 2.83. The molecule has 0 spiro atoms. The van der Waals surface area contributed by atoms with Crippen molar-refractivity contribution >= 4 is 23.2 Å². The number of hydrogen-bond donors (Lipinski definition) is 2. The van der Waals surface area contributed by atoms with Gasteiger partial charge < -0.3 is 20.7 Å². The second-order valence-corrected chi connectivity index (χ2v) is 5.91. The maximum atomic E-state index is 12.5. The molecule has 6 heteroatoms. The van der Waals surface area contributed by atoms with E-state index in [1.807, 2.05) is 26.8 Å². The Morgan fingerprint density at radius 2 is 1.85 bits per heavy atom. The van der Waals surface area contributed by atoms with Crippen molar-refractivity contribution in [1.82, 2.24) is 4.90 Å². The molecular formula is C20H25N3O3. The summed E-state index contributed by atoms with van der Waals surface area (Å²) in [5.74, 6) is 0.207. The van der Waals surface area contributed by atoms with E-state index in [1.54, 1.807) is 41.3 Å². The smallest absolute Gasteiger partial charge is 0.260 e. The Bertz CT molecular complexity index is 786. The van der Waals surface area contributed by atoms with Crippen LogP contribution in [0.2, 0.25) is 0 Å². The van der Waals surface area contributed by atoms with Crippen LogP contribution in [-0.4, -0.2) is 36.4 Å². The first kappa shape index (κ1) is 19.3. The van der Waals surface area contributed by atoms with Gasteiger partial charge in [-0.15, -0.1) is 0 Å². The summed E-state index contributed by atoms with van der Waals surface area (Å²) in [6.07, 6.45) is 0. The molecule has 0 heterocycles. The normalized spacial score (nSPS) is 10.3. The SMILES string of the molecule is CCN(CC)C(=O)COc1cccc(NC(=O)c2cc(N)ccc2C)c1. The highest BCUT2D eigenvalue weighted by Gasteiger charge is 2.12. The Morgan fingerprint density at radius 3 is 2.54 bits per heavy atom. The minimum atomic E-state index is -0.244. The van der Waals surface area contributed by atoms with Crippen molar-refractivity contribution in [3.05, 3.63) is 53.6 Å². The van der Waals surface area contributed by atoms with Gasteiger partial charge in [-0.2, -0.15) is 0 Å². The highest BCUT2D eigenvalue weighted by molar-refractivity contribution is 6.05. The molecule has 2 aromatic carbocycles. The fraction of sp³-hybridized carbons (Fsp3) is 0.300. The lowest BCUT2D eigenvalue weighted by atomic mass is 10.1. The first-order valence-corrected chi connectivity index (χ1v) is 8.62.